The molecule has 0 unspecified atom stereocenters. The third-order valence-electron chi connectivity index (χ3n) is 4.92. The highest BCUT2D eigenvalue weighted by molar-refractivity contribution is 6.01. The van der Waals surface area contributed by atoms with E-state index in [1.54, 1.807) is 18.2 Å². The number of fused-ring (bicyclic) bond motifs is 1. The minimum atomic E-state index is -0.734. The average Bonchev–Trinajstić information content (AvgIpc) is 3.49. The third-order valence-corrected chi connectivity index (χ3v) is 4.92. The maximum Gasteiger partial charge on any atom is 0.342 e. The number of urea groups is 1. The summed E-state index contributed by atoms with van der Waals surface area (Å²) in [5.74, 6) is -0.293. The summed E-state index contributed by atoms with van der Waals surface area (Å²) in [6.07, 6.45) is 3.54. The number of imide groups is 1. The van der Waals surface area contributed by atoms with Crippen LogP contribution in [0.1, 0.15) is 29.0 Å². The van der Waals surface area contributed by atoms with E-state index < -0.39 is 24.5 Å². The molecule has 0 atom stereocenters. The molecule has 1 aliphatic heterocycles. The zero-order chi connectivity index (χ0) is 21.6. The van der Waals surface area contributed by atoms with Crippen molar-refractivity contribution in [3.05, 3.63) is 60.1 Å². The molecule has 1 fully saturated rings. The van der Waals surface area contributed by atoms with Crippen molar-refractivity contribution in [3.8, 4) is 0 Å². The summed E-state index contributed by atoms with van der Waals surface area (Å²) in [5.41, 5.74) is 1.09. The number of hydrogen-bond acceptors (Lipinski definition) is 7. The molecule has 31 heavy (non-hydrogen) atoms. The average molecular weight is 422 g/mol. The van der Waals surface area contributed by atoms with Crippen LogP contribution >= 0.6 is 0 Å². The number of pyridine rings is 1. The van der Waals surface area contributed by atoms with Crippen molar-refractivity contribution in [3.63, 3.8) is 0 Å². The van der Waals surface area contributed by atoms with Gasteiger partial charge in [-0.3, -0.25) is 10.1 Å². The van der Waals surface area contributed by atoms with E-state index in [4.69, 9.17) is 9.15 Å². The molecular formula is C22H22N4O5. The largest absolute Gasteiger partial charge is 0.467 e. The van der Waals surface area contributed by atoms with Gasteiger partial charge in [0.25, 0.3) is 5.91 Å². The van der Waals surface area contributed by atoms with Gasteiger partial charge in [-0.25, -0.2) is 14.6 Å². The Kier molecular flexibility index (Phi) is 6.11. The molecule has 1 saturated heterocycles. The molecule has 1 aliphatic rings. The lowest BCUT2D eigenvalue weighted by Gasteiger charge is -2.20. The van der Waals surface area contributed by atoms with Gasteiger partial charge < -0.3 is 19.4 Å². The Morgan fingerprint density at radius 1 is 1.10 bits per heavy atom. The fraction of sp³-hybridized carbons (Fsp3) is 0.273. The van der Waals surface area contributed by atoms with Crippen molar-refractivity contribution >= 4 is 34.6 Å². The molecule has 2 aromatic heterocycles. The Balaban J connectivity index is 1.39. The number of para-hydroxylation sites is 1. The number of ether oxygens (including phenoxy) is 1. The first-order chi connectivity index (χ1) is 15.1. The normalized spacial score (nSPS) is 13.2. The number of furan rings is 1. The fourth-order valence-corrected chi connectivity index (χ4v) is 3.42. The number of aromatic nitrogens is 1. The summed E-state index contributed by atoms with van der Waals surface area (Å²) in [6, 6.07) is 11.9. The molecule has 4 rings (SSSR count). The lowest BCUT2D eigenvalue weighted by molar-refractivity contribution is -0.123. The van der Waals surface area contributed by atoms with Crippen molar-refractivity contribution < 1.29 is 23.5 Å². The molecule has 1 aromatic carbocycles. The summed E-state index contributed by atoms with van der Waals surface area (Å²) in [4.78, 5) is 43.3. The van der Waals surface area contributed by atoms with Gasteiger partial charge in [0.2, 0.25) is 0 Å². The number of nitrogens with one attached hydrogen (secondary N) is 2. The van der Waals surface area contributed by atoms with Crippen molar-refractivity contribution in [1.29, 1.82) is 0 Å². The molecule has 3 heterocycles. The van der Waals surface area contributed by atoms with Gasteiger partial charge in [0.05, 0.1) is 18.3 Å². The first-order valence-corrected chi connectivity index (χ1v) is 10.0. The topological polar surface area (TPSA) is 114 Å². The van der Waals surface area contributed by atoms with Crippen LogP contribution < -0.4 is 15.5 Å². The van der Waals surface area contributed by atoms with Crippen molar-refractivity contribution in [1.82, 2.24) is 15.6 Å². The Morgan fingerprint density at radius 2 is 1.90 bits per heavy atom. The molecule has 3 amide bonds. The van der Waals surface area contributed by atoms with E-state index in [-0.39, 0.29) is 6.54 Å². The molecule has 0 saturated carbocycles. The summed E-state index contributed by atoms with van der Waals surface area (Å²) < 4.78 is 10.3. The molecule has 2 N–H and O–H groups in total. The number of carbonyl (C=O) groups is 3. The SMILES string of the molecule is O=C(COC(=O)c1cc2ccccc2nc1N1CCCC1)NC(=O)NCc1ccco1. The van der Waals surface area contributed by atoms with Gasteiger partial charge in [0.15, 0.2) is 6.61 Å². The predicted molar refractivity (Wildman–Crippen MR) is 113 cm³/mol. The molecule has 160 valence electrons. The van der Waals surface area contributed by atoms with Gasteiger partial charge in [0.1, 0.15) is 17.1 Å². The van der Waals surface area contributed by atoms with Crippen LogP contribution in [0.5, 0.6) is 0 Å². The lowest BCUT2D eigenvalue weighted by Crippen LogP contribution is -2.41. The van der Waals surface area contributed by atoms with Gasteiger partial charge in [-0.15, -0.1) is 0 Å². The minimum absolute atomic E-state index is 0.133. The maximum absolute atomic E-state index is 12.8. The van der Waals surface area contributed by atoms with Crippen LogP contribution in [-0.4, -0.2) is 42.6 Å². The number of rotatable bonds is 6. The molecule has 9 nitrogen and oxygen atoms in total. The van der Waals surface area contributed by atoms with Crippen LogP contribution in [-0.2, 0) is 16.1 Å². The van der Waals surface area contributed by atoms with E-state index in [0.29, 0.717) is 17.1 Å². The van der Waals surface area contributed by atoms with E-state index in [0.717, 1.165) is 36.8 Å². The highest BCUT2D eigenvalue weighted by Crippen LogP contribution is 2.27. The summed E-state index contributed by atoms with van der Waals surface area (Å²) >= 11 is 0. The highest BCUT2D eigenvalue weighted by atomic mass is 16.5. The number of anilines is 1. The highest BCUT2D eigenvalue weighted by Gasteiger charge is 2.23. The molecule has 0 aliphatic carbocycles. The Labute approximate surface area is 178 Å². The number of hydrogen-bond donors (Lipinski definition) is 2. The van der Waals surface area contributed by atoms with Gasteiger partial charge in [-0.2, -0.15) is 0 Å². The molecule has 9 heteroatoms. The van der Waals surface area contributed by atoms with Gasteiger partial charge in [-0.05, 0) is 37.1 Å². The summed E-state index contributed by atoms with van der Waals surface area (Å²) in [7, 11) is 0. The quantitative estimate of drug-likeness (QED) is 0.587. The van der Waals surface area contributed by atoms with Crippen LogP contribution in [0.2, 0.25) is 0 Å². The molecule has 0 radical (unpaired) electrons. The summed E-state index contributed by atoms with van der Waals surface area (Å²) in [6.45, 7) is 1.16. The maximum atomic E-state index is 12.8. The van der Waals surface area contributed by atoms with Gasteiger partial charge in [0, 0.05) is 18.5 Å². The lowest BCUT2D eigenvalue weighted by atomic mass is 10.1. The summed E-state index contributed by atoms with van der Waals surface area (Å²) in [5, 5.41) is 5.40. The fourth-order valence-electron chi connectivity index (χ4n) is 3.42. The van der Waals surface area contributed by atoms with E-state index in [2.05, 4.69) is 15.6 Å². The first-order valence-electron chi connectivity index (χ1n) is 10.0. The third kappa shape index (κ3) is 5.00. The van der Waals surface area contributed by atoms with Gasteiger partial charge in [-0.1, -0.05) is 18.2 Å². The molecule has 0 spiro atoms. The van der Waals surface area contributed by atoms with Crippen LogP contribution in [0.25, 0.3) is 10.9 Å². The van der Waals surface area contributed by atoms with E-state index in [1.165, 1.54) is 6.26 Å². The number of nitrogens with zero attached hydrogens (tertiary/aromatic N) is 2. The first kappa shape index (κ1) is 20.4. The molecular weight excluding hydrogens is 400 g/mol. The predicted octanol–water partition coefficient (Wildman–Crippen LogP) is 2.61. The van der Waals surface area contributed by atoms with E-state index >= 15 is 0 Å². The number of esters is 1. The molecule has 3 aromatic rings. The zero-order valence-electron chi connectivity index (χ0n) is 16.8. The second kappa shape index (κ2) is 9.29. The zero-order valence-corrected chi connectivity index (χ0v) is 16.8. The van der Waals surface area contributed by atoms with Gasteiger partial charge >= 0.3 is 12.0 Å². The van der Waals surface area contributed by atoms with Crippen LogP contribution in [0, 0.1) is 0 Å². The van der Waals surface area contributed by atoms with Crippen molar-refractivity contribution in [2.75, 3.05) is 24.6 Å². The Morgan fingerprint density at radius 3 is 2.68 bits per heavy atom. The number of carbonyl (C=O) groups excluding carboxylic acids is 3. The van der Waals surface area contributed by atoms with Crippen LogP contribution in [0.3, 0.4) is 0 Å². The monoisotopic (exact) mass is 422 g/mol. The van der Waals surface area contributed by atoms with E-state index in [9.17, 15) is 14.4 Å². The molecule has 0 bridgehead atoms. The van der Waals surface area contributed by atoms with Crippen molar-refractivity contribution in [2.24, 2.45) is 0 Å². The smallest absolute Gasteiger partial charge is 0.342 e. The van der Waals surface area contributed by atoms with Crippen LogP contribution in [0.4, 0.5) is 10.6 Å². The number of benzene rings is 1. The van der Waals surface area contributed by atoms with Crippen molar-refractivity contribution in [2.45, 2.75) is 19.4 Å². The minimum Gasteiger partial charge on any atom is -0.467 e. The second-order valence-electron chi connectivity index (χ2n) is 7.13. The Hall–Kier alpha value is -3.88. The van der Waals surface area contributed by atoms with E-state index in [1.807, 2.05) is 29.2 Å². The van der Waals surface area contributed by atoms with Crippen LogP contribution in [0.15, 0.2) is 53.1 Å². The Bertz CT molecular complexity index is 1090. The standard InChI is InChI=1S/C22H22N4O5/c27-19(25-22(29)23-13-16-7-5-11-30-16)14-31-21(28)17-12-15-6-1-2-8-18(15)24-20(17)26-9-3-4-10-26/h1-2,5-8,11-12H,3-4,9-10,13-14H2,(H2,23,25,27,29). The second-order valence-corrected chi connectivity index (χ2v) is 7.13. The number of amides is 3.